The molecule has 2 rings (SSSR count). The van der Waals surface area contributed by atoms with Crippen molar-refractivity contribution in [3.8, 4) is 5.75 Å². The number of nitrogens with zero attached hydrogens (tertiary/aromatic N) is 1. The molecule has 43 heavy (non-hydrogen) atoms. The van der Waals surface area contributed by atoms with Gasteiger partial charge in [-0.25, -0.2) is 4.79 Å². The predicted octanol–water partition coefficient (Wildman–Crippen LogP) is 8.88. The normalized spacial score (nSPS) is 16.7. The summed E-state index contributed by atoms with van der Waals surface area (Å²) in [6, 6.07) is 3.89. The number of hydrogen-bond acceptors (Lipinski definition) is 7. The van der Waals surface area contributed by atoms with E-state index in [2.05, 4.69) is 11.9 Å². The zero-order chi connectivity index (χ0) is 31.6. The lowest BCUT2D eigenvalue weighted by atomic mass is 9.73. The number of carbonyl (C=O) groups is 2. The molecule has 0 saturated carbocycles. The molecule has 1 aromatic carbocycles. The summed E-state index contributed by atoms with van der Waals surface area (Å²) >= 11 is 0. The van der Waals surface area contributed by atoms with Crippen molar-refractivity contribution >= 4 is 23.3 Å². The number of aliphatic imine (C=N–C) groups is 1. The van der Waals surface area contributed by atoms with Crippen molar-refractivity contribution in [3.63, 3.8) is 0 Å². The van der Waals surface area contributed by atoms with Crippen molar-refractivity contribution in [3.05, 3.63) is 34.5 Å². The molecule has 2 unspecified atom stereocenters. The second-order valence-corrected chi connectivity index (χ2v) is 11.7. The topological polar surface area (TPSA) is 100 Å². The number of carbonyl (C=O) groups excluding carboxylic acids is 2. The number of anilines is 1. The van der Waals surface area contributed by atoms with Crippen LogP contribution in [0.3, 0.4) is 0 Å². The number of esters is 2. The van der Waals surface area contributed by atoms with Gasteiger partial charge in [-0.05, 0) is 59.1 Å². The maximum Gasteiger partial charge on any atom is 0.336 e. The van der Waals surface area contributed by atoms with E-state index in [1.807, 2.05) is 26.0 Å². The highest BCUT2D eigenvalue weighted by atomic mass is 16.5. The highest BCUT2D eigenvalue weighted by Gasteiger charge is 2.44. The standard InChI is InChI=1S/C36H58N2O5/c1-7-11-12-13-14-15-16-17-18-19-20-21-22-23-28-24-25-29(37)34(41-8-2)32(28)33-30(35(39)42-9-3)26(5)38-27(6)31(33)36(40)43-10-4/h24-25,30,33H,7-23,37H2,1-6H3. The van der Waals surface area contributed by atoms with E-state index in [1.54, 1.807) is 20.8 Å². The van der Waals surface area contributed by atoms with Crippen LogP contribution in [0.1, 0.15) is 142 Å². The lowest BCUT2D eigenvalue weighted by Crippen LogP contribution is -2.37. The third kappa shape index (κ3) is 11.0. The van der Waals surface area contributed by atoms with Crippen LogP contribution in [0.25, 0.3) is 0 Å². The van der Waals surface area contributed by atoms with Crippen LogP contribution in [0.4, 0.5) is 5.69 Å². The quantitative estimate of drug-likeness (QED) is 0.0862. The molecule has 0 bridgehead atoms. The van der Waals surface area contributed by atoms with Crippen LogP contribution in [-0.2, 0) is 25.5 Å². The Morgan fingerprint density at radius 1 is 0.767 bits per heavy atom. The van der Waals surface area contributed by atoms with Gasteiger partial charge in [-0.1, -0.05) is 90.0 Å². The summed E-state index contributed by atoms with van der Waals surface area (Å²) in [6.45, 7) is 12.2. The third-order valence-electron chi connectivity index (χ3n) is 8.33. The van der Waals surface area contributed by atoms with Crippen LogP contribution in [0, 0.1) is 5.92 Å². The van der Waals surface area contributed by atoms with E-state index in [9.17, 15) is 9.59 Å². The smallest absolute Gasteiger partial charge is 0.336 e. The minimum absolute atomic E-state index is 0.218. The fourth-order valence-electron chi connectivity index (χ4n) is 6.22. The van der Waals surface area contributed by atoms with Crippen molar-refractivity contribution in [2.75, 3.05) is 25.6 Å². The summed E-state index contributed by atoms with van der Waals surface area (Å²) in [5.74, 6) is -1.82. The molecule has 1 aliphatic heterocycles. The molecule has 0 amide bonds. The van der Waals surface area contributed by atoms with E-state index < -0.39 is 23.8 Å². The fraction of sp³-hybridized carbons (Fsp3) is 0.694. The Kier molecular flexibility index (Phi) is 17.1. The molecule has 0 aromatic heterocycles. The number of aryl methyl sites for hydroxylation is 1. The van der Waals surface area contributed by atoms with Gasteiger partial charge in [0.05, 0.1) is 31.1 Å². The van der Waals surface area contributed by atoms with Gasteiger partial charge in [0.2, 0.25) is 0 Å². The lowest BCUT2D eigenvalue weighted by molar-refractivity contribution is -0.146. The zero-order valence-electron chi connectivity index (χ0n) is 27.9. The van der Waals surface area contributed by atoms with Gasteiger partial charge in [0.25, 0.3) is 0 Å². The van der Waals surface area contributed by atoms with Crippen molar-refractivity contribution in [2.45, 2.75) is 137 Å². The fourth-order valence-corrected chi connectivity index (χ4v) is 6.22. The Morgan fingerprint density at radius 2 is 1.33 bits per heavy atom. The van der Waals surface area contributed by atoms with Crippen LogP contribution < -0.4 is 10.5 Å². The van der Waals surface area contributed by atoms with Gasteiger partial charge in [-0.3, -0.25) is 9.79 Å². The number of benzene rings is 1. The molecule has 242 valence electrons. The highest BCUT2D eigenvalue weighted by Crippen LogP contribution is 2.47. The molecule has 0 saturated heterocycles. The summed E-state index contributed by atoms with van der Waals surface area (Å²) in [7, 11) is 0. The molecule has 7 nitrogen and oxygen atoms in total. The number of hydrogen-bond donors (Lipinski definition) is 1. The summed E-state index contributed by atoms with van der Waals surface area (Å²) in [5, 5.41) is 0. The Labute approximate surface area is 261 Å². The number of unbranched alkanes of at least 4 members (excludes halogenated alkanes) is 12. The first-order chi connectivity index (χ1) is 20.8. The van der Waals surface area contributed by atoms with Crippen molar-refractivity contribution in [1.82, 2.24) is 0 Å². The van der Waals surface area contributed by atoms with Gasteiger partial charge in [-0.2, -0.15) is 0 Å². The molecule has 0 radical (unpaired) electrons. The Balaban J connectivity index is 2.23. The first-order valence-electron chi connectivity index (χ1n) is 17.0. The molecule has 0 spiro atoms. The van der Waals surface area contributed by atoms with E-state index >= 15 is 0 Å². The van der Waals surface area contributed by atoms with E-state index in [1.165, 1.54) is 70.6 Å². The van der Waals surface area contributed by atoms with E-state index in [4.69, 9.17) is 19.9 Å². The minimum atomic E-state index is -0.783. The molecule has 1 aliphatic rings. The molecule has 1 aromatic rings. The maximum absolute atomic E-state index is 13.4. The second-order valence-electron chi connectivity index (χ2n) is 11.7. The third-order valence-corrected chi connectivity index (χ3v) is 8.33. The van der Waals surface area contributed by atoms with Crippen LogP contribution in [0.2, 0.25) is 0 Å². The zero-order valence-corrected chi connectivity index (χ0v) is 27.9. The first kappa shape index (κ1) is 36.4. The number of nitrogen functional groups attached to an aromatic ring is 1. The average molecular weight is 599 g/mol. The lowest BCUT2D eigenvalue weighted by Gasteiger charge is -2.34. The SMILES string of the molecule is CCCCCCCCCCCCCCCc1ccc(N)c(OCC)c1C1C(C(=O)OCC)=C(C)N=C(C)C1C(=O)OCC. The van der Waals surface area contributed by atoms with E-state index in [0.717, 1.165) is 30.4 Å². The number of nitrogens with two attached hydrogens (primary N) is 1. The molecule has 7 heteroatoms. The van der Waals surface area contributed by atoms with Crippen LogP contribution in [0.15, 0.2) is 28.4 Å². The van der Waals surface area contributed by atoms with Gasteiger partial charge in [0, 0.05) is 22.9 Å². The molecular weight excluding hydrogens is 540 g/mol. The van der Waals surface area contributed by atoms with Gasteiger partial charge < -0.3 is 19.9 Å². The maximum atomic E-state index is 13.4. The minimum Gasteiger partial charge on any atom is -0.491 e. The summed E-state index contributed by atoms with van der Waals surface area (Å²) in [5.41, 5.74) is 10.3. The van der Waals surface area contributed by atoms with Gasteiger partial charge >= 0.3 is 11.9 Å². The van der Waals surface area contributed by atoms with E-state index in [-0.39, 0.29) is 13.2 Å². The highest BCUT2D eigenvalue weighted by molar-refractivity contribution is 6.07. The number of ether oxygens (including phenoxy) is 3. The largest absolute Gasteiger partial charge is 0.491 e. The van der Waals surface area contributed by atoms with Gasteiger partial charge in [-0.15, -0.1) is 0 Å². The molecule has 0 aliphatic carbocycles. The predicted molar refractivity (Wildman–Crippen MR) is 177 cm³/mol. The first-order valence-corrected chi connectivity index (χ1v) is 17.0. The molecule has 1 heterocycles. The molecule has 2 N–H and O–H groups in total. The Morgan fingerprint density at radius 3 is 1.86 bits per heavy atom. The van der Waals surface area contributed by atoms with Crippen molar-refractivity contribution in [2.24, 2.45) is 10.9 Å². The number of rotatable bonds is 21. The van der Waals surface area contributed by atoms with Crippen LogP contribution >= 0.6 is 0 Å². The molecule has 0 fully saturated rings. The van der Waals surface area contributed by atoms with Gasteiger partial charge in [0.1, 0.15) is 11.7 Å². The summed E-state index contributed by atoms with van der Waals surface area (Å²) < 4.78 is 17.1. The Hall–Kier alpha value is -2.83. The second kappa shape index (κ2) is 20.2. The summed E-state index contributed by atoms with van der Waals surface area (Å²) in [6.07, 6.45) is 17.5. The van der Waals surface area contributed by atoms with Crippen LogP contribution in [0.5, 0.6) is 5.75 Å². The molecular formula is C36H58N2O5. The van der Waals surface area contributed by atoms with Crippen molar-refractivity contribution in [1.29, 1.82) is 0 Å². The Bertz CT molecular complexity index is 1080. The summed E-state index contributed by atoms with van der Waals surface area (Å²) in [4.78, 5) is 31.4. The van der Waals surface area contributed by atoms with Crippen LogP contribution in [-0.4, -0.2) is 37.5 Å². The van der Waals surface area contributed by atoms with E-state index in [0.29, 0.717) is 35.0 Å². The monoisotopic (exact) mass is 598 g/mol. The van der Waals surface area contributed by atoms with Gasteiger partial charge in [0.15, 0.2) is 0 Å². The number of allylic oxidation sites excluding steroid dienone is 1. The van der Waals surface area contributed by atoms with Crippen molar-refractivity contribution < 1.29 is 23.8 Å². The molecule has 2 atom stereocenters. The average Bonchev–Trinajstić information content (AvgIpc) is 2.97.